The lowest BCUT2D eigenvalue weighted by molar-refractivity contribution is 0.628. The van der Waals surface area contributed by atoms with Crippen LogP contribution < -0.4 is 0 Å². The van der Waals surface area contributed by atoms with Crippen LogP contribution in [0, 0.1) is 5.92 Å². The molecule has 0 aromatic heterocycles. The molecule has 120 valence electrons. The lowest BCUT2D eigenvalue weighted by atomic mass is 9.88. The zero-order valence-corrected chi connectivity index (χ0v) is 16.8. The van der Waals surface area contributed by atoms with Gasteiger partial charge in [-0.05, 0) is 39.7 Å². The smallest absolute Gasteiger partial charge is 0.0651 e. The summed E-state index contributed by atoms with van der Waals surface area (Å²) in [6.45, 7) is 15.3. The fraction of sp³-hybridized carbons (Fsp3) is 0.429. The average Bonchev–Trinajstić information content (AvgIpc) is 2.50. The van der Waals surface area contributed by atoms with Crippen molar-refractivity contribution in [2.24, 2.45) is 5.92 Å². The molecule has 1 heteroatoms. The van der Waals surface area contributed by atoms with Gasteiger partial charge in [0, 0.05) is 5.92 Å². The first-order valence-corrected chi connectivity index (χ1v) is 9.14. The third-order valence-electron chi connectivity index (χ3n) is 4.37. The van der Waals surface area contributed by atoms with Crippen molar-refractivity contribution >= 4 is 22.6 Å². The molecule has 22 heavy (non-hydrogen) atoms. The second-order valence-corrected chi connectivity index (χ2v) is 8.47. The minimum absolute atomic E-state index is 0.0271. The van der Waals surface area contributed by atoms with Crippen LogP contribution in [0.25, 0.3) is 0 Å². The molecule has 0 aliphatic carbocycles. The summed E-state index contributed by atoms with van der Waals surface area (Å²) >= 11 is 2.55. The zero-order chi connectivity index (χ0) is 16.8. The van der Waals surface area contributed by atoms with Gasteiger partial charge < -0.3 is 0 Å². The number of benzene rings is 1. The molecule has 2 atom stereocenters. The van der Waals surface area contributed by atoms with E-state index < -0.39 is 0 Å². The topological polar surface area (TPSA) is 0 Å². The maximum absolute atomic E-state index is 4.16. The first-order chi connectivity index (χ1) is 10.3. The normalized spacial score (nSPS) is 17.0. The summed E-state index contributed by atoms with van der Waals surface area (Å²) in [7, 11) is 0. The molecular weight excluding hydrogens is 379 g/mol. The predicted octanol–water partition coefficient (Wildman–Crippen LogP) is 7.22. The molecule has 1 aromatic rings. The highest BCUT2D eigenvalue weighted by molar-refractivity contribution is 14.1. The van der Waals surface area contributed by atoms with Crippen LogP contribution in [0.15, 0.2) is 65.8 Å². The molecule has 0 aliphatic heterocycles. The minimum atomic E-state index is 0.0271. The quantitative estimate of drug-likeness (QED) is 0.193. The van der Waals surface area contributed by atoms with Crippen molar-refractivity contribution in [2.45, 2.75) is 50.9 Å². The Kier molecular flexibility index (Phi) is 7.61. The van der Waals surface area contributed by atoms with E-state index in [2.05, 4.69) is 106 Å². The summed E-state index contributed by atoms with van der Waals surface area (Å²) < 4.78 is 0.0271. The maximum atomic E-state index is 4.16. The summed E-state index contributed by atoms with van der Waals surface area (Å²) in [5.74, 6) is 0.506. The minimum Gasteiger partial charge on any atom is -0.0995 e. The van der Waals surface area contributed by atoms with Crippen LogP contribution in [0.5, 0.6) is 0 Å². The van der Waals surface area contributed by atoms with Crippen LogP contribution in [0.2, 0.25) is 0 Å². The number of alkyl halides is 1. The largest absolute Gasteiger partial charge is 0.0995 e. The molecular formula is C21H29I. The van der Waals surface area contributed by atoms with Gasteiger partial charge in [0.25, 0.3) is 0 Å². The van der Waals surface area contributed by atoms with Gasteiger partial charge in [-0.2, -0.15) is 0 Å². The number of hydrogen-bond donors (Lipinski definition) is 0. The summed E-state index contributed by atoms with van der Waals surface area (Å²) in [6.07, 6.45) is 6.94. The van der Waals surface area contributed by atoms with Crippen LogP contribution in [0.4, 0.5) is 0 Å². The van der Waals surface area contributed by atoms with Gasteiger partial charge in [0.1, 0.15) is 0 Å². The Morgan fingerprint density at radius 2 is 1.77 bits per heavy atom. The lowest BCUT2D eigenvalue weighted by Gasteiger charge is -2.24. The zero-order valence-electron chi connectivity index (χ0n) is 14.6. The summed E-state index contributed by atoms with van der Waals surface area (Å²) in [5, 5.41) is 0. The first-order valence-electron chi connectivity index (χ1n) is 8.06. The second kappa shape index (κ2) is 8.71. The van der Waals surface area contributed by atoms with E-state index in [1.165, 1.54) is 35.1 Å². The second-order valence-electron chi connectivity index (χ2n) is 6.32. The summed E-state index contributed by atoms with van der Waals surface area (Å²) in [4.78, 5) is 0. The summed E-state index contributed by atoms with van der Waals surface area (Å²) in [6, 6.07) is 10.7. The van der Waals surface area contributed by atoms with Crippen molar-refractivity contribution in [1.29, 1.82) is 0 Å². The number of hydrogen-bond acceptors (Lipinski definition) is 0. The molecule has 0 amide bonds. The highest BCUT2D eigenvalue weighted by Crippen LogP contribution is 2.38. The fourth-order valence-corrected chi connectivity index (χ4v) is 3.20. The van der Waals surface area contributed by atoms with Crippen LogP contribution in [0.3, 0.4) is 0 Å². The SMILES string of the molecule is C=C(C)C(CCC)/C(C)=C/C=C(\C)C(C)(I)c1ccccc1. The van der Waals surface area contributed by atoms with Gasteiger partial charge in [0.2, 0.25) is 0 Å². The highest BCUT2D eigenvalue weighted by atomic mass is 127. The molecule has 0 heterocycles. The van der Waals surface area contributed by atoms with Crippen LogP contribution in [-0.2, 0) is 3.42 Å². The van der Waals surface area contributed by atoms with Crippen molar-refractivity contribution < 1.29 is 0 Å². The van der Waals surface area contributed by atoms with Gasteiger partial charge in [-0.25, -0.2) is 0 Å². The summed E-state index contributed by atoms with van der Waals surface area (Å²) in [5.41, 5.74) is 5.40. The molecule has 0 spiro atoms. The van der Waals surface area contributed by atoms with Crippen molar-refractivity contribution in [3.8, 4) is 0 Å². The molecule has 0 fully saturated rings. The van der Waals surface area contributed by atoms with Gasteiger partial charge in [0.15, 0.2) is 0 Å². The number of allylic oxidation sites excluding steroid dienone is 5. The molecule has 0 radical (unpaired) electrons. The van der Waals surface area contributed by atoms with Crippen molar-refractivity contribution in [3.05, 3.63) is 71.3 Å². The molecule has 0 N–H and O–H groups in total. The highest BCUT2D eigenvalue weighted by Gasteiger charge is 2.24. The molecule has 1 rings (SSSR count). The van der Waals surface area contributed by atoms with E-state index in [0.717, 1.165) is 0 Å². The van der Waals surface area contributed by atoms with E-state index in [1.807, 2.05) is 0 Å². The monoisotopic (exact) mass is 408 g/mol. The number of rotatable bonds is 7. The fourth-order valence-electron chi connectivity index (χ4n) is 2.66. The molecule has 0 saturated heterocycles. The van der Waals surface area contributed by atoms with Crippen molar-refractivity contribution in [2.75, 3.05) is 0 Å². The predicted molar refractivity (Wildman–Crippen MR) is 109 cm³/mol. The van der Waals surface area contributed by atoms with Gasteiger partial charge in [0.05, 0.1) is 3.42 Å². The Balaban J connectivity index is 3.01. The standard InChI is InChI=1S/C21H29I/c1-7-11-20(16(2)3)17(4)14-15-18(5)21(6,22)19-12-9-8-10-13-19/h8-10,12-15,20H,2,7,11H2,1,3-6H3/b17-14+,18-15+. The van der Waals surface area contributed by atoms with E-state index in [4.69, 9.17) is 0 Å². The van der Waals surface area contributed by atoms with Crippen molar-refractivity contribution in [3.63, 3.8) is 0 Å². The van der Waals surface area contributed by atoms with E-state index in [-0.39, 0.29) is 3.42 Å². The Bertz CT molecular complexity index is 547. The molecule has 0 aliphatic rings. The molecule has 0 bridgehead atoms. The van der Waals surface area contributed by atoms with E-state index in [9.17, 15) is 0 Å². The molecule has 0 nitrogen and oxygen atoms in total. The molecule has 1 aromatic carbocycles. The van der Waals surface area contributed by atoms with E-state index in [0.29, 0.717) is 5.92 Å². The first kappa shape index (κ1) is 19.2. The Labute approximate surface area is 150 Å². The van der Waals surface area contributed by atoms with Gasteiger partial charge in [-0.3, -0.25) is 0 Å². The number of halogens is 1. The third kappa shape index (κ3) is 5.12. The Hall–Kier alpha value is -0.830. The van der Waals surface area contributed by atoms with E-state index >= 15 is 0 Å². The third-order valence-corrected chi connectivity index (χ3v) is 5.85. The Morgan fingerprint density at radius 3 is 2.27 bits per heavy atom. The lowest BCUT2D eigenvalue weighted by Crippen LogP contribution is -2.14. The van der Waals surface area contributed by atoms with Gasteiger partial charge in [-0.1, -0.05) is 102 Å². The molecule has 2 unspecified atom stereocenters. The van der Waals surface area contributed by atoms with Crippen LogP contribution in [-0.4, -0.2) is 0 Å². The Morgan fingerprint density at radius 1 is 1.18 bits per heavy atom. The van der Waals surface area contributed by atoms with E-state index in [1.54, 1.807) is 0 Å². The average molecular weight is 408 g/mol. The van der Waals surface area contributed by atoms with Crippen LogP contribution in [0.1, 0.15) is 53.0 Å². The van der Waals surface area contributed by atoms with Crippen LogP contribution >= 0.6 is 22.6 Å². The van der Waals surface area contributed by atoms with Gasteiger partial charge in [-0.15, -0.1) is 0 Å². The molecule has 0 saturated carbocycles. The van der Waals surface area contributed by atoms with Gasteiger partial charge >= 0.3 is 0 Å². The van der Waals surface area contributed by atoms with Crippen molar-refractivity contribution in [1.82, 2.24) is 0 Å². The maximum Gasteiger partial charge on any atom is 0.0651 e.